The quantitative estimate of drug-likeness (QED) is 0.714. The molecule has 0 aliphatic carbocycles. The monoisotopic (exact) mass is 282 g/mol. The number of carboxylic acids is 1. The minimum absolute atomic E-state index is 0.0844. The molecule has 20 heavy (non-hydrogen) atoms. The fourth-order valence-electron chi connectivity index (χ4n) is 1.41. The van der Waals surface area contributed by atoms with Crippen LogP contribution < -0.4 is 10.6 Å². The summed E-state index contributed by atoms with van der Waals surface area (Å²) in [5.41, 5.74) is -1.36. The zero-order valence-electron chi connectivity index (χ0n) is 11.6. The van der Waals surface area contributed by atoms with Crippen LogP contribution in [0, 0.1) is 0 Å². The van der Waals surface area contributed by atoms with Gasteiger partial charge in [-0.2, -0.15) is 0 Å². The normalized spacial score (nSPS) is 14.9. The number of nitrogens with one attached hydrogen (secondary N) is 2. The lowest BCUT2D eigenvalue weighted by atomic mass is 9.99. The number of amides is 2. The van der Waals surface area contributed by atoms with Crippen LogP contribution in [0.25, 0.3) is 0 Å². The summed E-state index contributed by atoms with van der Waals surface area (Å²) in [5, 5.41) is 13.9. The third-order valence-corrected chi connectivity index (χ3v) is 3.06. The zero-order chi connectivity index (χ0) is 15.3. The lowest BCUT2D eigenvalue weighted by Gasteiger charge is -2.26. The van der Waals surface area contributed by atoms with Crippen molar-refractivity contribution in [3.05, 3.63) is 24.2 Å². The molecule has 0 saturated heterocycles. The molecule has 7 heteroatoms. The predicted octanol–water partition coefficient (Wildman–Crippen LogP) is 0.767. The van der Waals surface area contributed by atoms with Gasteiger partial charge in [-0.3, -0.25) is 9.59 Å². The molecule has 1 aromatic heterocycles. The van der Waals surface area contributed by atoms with E-state index in [1.165, 1.54) is 26.2 Å². The smallest absolute Gasteiger partial charge is 0.329 e. The lowest BCUT2D eigenvalue weighted by molar-refractivity contribution is -0.147. The van der Waals surface area contributed by atoms with Gasteiger partial charge in [0.1, 0.15) is 11.6 Å². The highest BCUT2D eigenvalue weighted by atomic mass is 16.4. The van der Waals surface area contributed by atoms with Crippen molar-refractivity contribution in [2.24, 2.45) is 0 Å². The third-order valence-electron chi connectivity index (χ3n) is 3.06. The van der Waals surface area contributed by atoms with Gasteiger partial charge >= 0.3 is 5.97 Å². The number of hydrogen-bond donors (Lipinski definition) is 3. The Morgan fingerprint density at radius 1 is 1.45 bits per heavy atom. The molecule has 2 amide bonds. The van der Waals surface area contributed by atoms with Gasteiger partial charge in [0.2, 0.25) is 5.91 Å². The number of aliphatic carboxylic acids is 1. The molecule has 1 rings (SSSR count). The molecule has 0 aliphatic rings. The van der Waals surface area contributed by atoms with Crippen LogP contribution in [0.3, 0.4) is 0 Å². The Balaban J connectivity index is 2.64. The number of carbonyl (C=O) groups is 3. The summed E-state index contributed by atoms with van der Waals surface area (Å²) >= 11 is 0. The van der Waals surface area contributed by atoms with Crippen molar-refractivity contribution < 1.29 is 23.9 Å². The molecule has 1 heterocycles. The van der Waals surface area contributed by atoms with Crippen molar-refractivity contribution in [3.63, 3.8) is 0 Å². The summed E-state index contributed by atoms with van der Waals surface area (Å²) in [6.07, 6.45) is 1.57. The molecule has 1 aromatic rings. The van der Waals surface area contributed by atoms with Gasteiger partial charge in [-0.05, 0) is 32.4 Å². The molecule has 7 nitrogen and oxygen atoms in total. The van der Waals surface area contributed by atoms with E-state index < -0.39 is 29.4 Å². The van der Waals surface area contributed by atoms with Crippen LogP contribution >= 0.6 is 0 Å². The van der Waals surface area contributed by atoms with Crippen LogP contribution in [0.15, 0.2) is 22.8 Å². The Morgan fingerprint density at radius 2 is 2.10 bits per heavy atom. The molecular formula is C13H18N2O5. The van der Waals surface area contributed by atoms with Gasteiger partial charge in [-0.1, -0.05) is 6.92 Å². The number of rotatable bonds is 6. The van der Waals surface area contributed by atoms with Crippen molar-refractivity contribution >= 4 is 17.8 Å². The molecule has 2 unspecified atom stereocenters. The standard InChI is InChI=1S/C13H18N2O5/c1-4-13(3,12(18)19)15-10(16)8(2)14-11(17)9-6-5-7-20-9/h5-8H,4H2,1-3H3,(H,14,17)(H,15,16)(H,18,19). The van der Waals surface area contributed by atoms with Crippen molar-refractivity contribution in [1.82, 2.24) is 10.6 Å². The molecule has 0 fully saturated rings. The molecule has 0 saturated carbocycles. The number of carboxylic acid groups (broad SMARTS) is 1. The molecule has 0 aliphatic heterocycles. The van der Waals surface area contributed by atoms with Crippen LogP contribution in [0.1, 0.15) is 37.7 Å². The predicted molar refractivity (Wildman–Crippen MR) is 70.1 cm³/mol. The van der Waals surface area contributed by atoms with E-state index in [1.54, 1.807) is 13.0 Å². The maximum Gasteiger partial charge on any atom is 0.329 e. The van der Waals surface area contributed by atoms with Gasteiger partial charge in [0.15, 0.2) is 5.76 Å². The minimum atomic E-state index is -1.36. The molecule has 0 bridgehead atoms. The average molecular weight is 282 g/mol. The van der Waals surface area contributed by atoms with E-state index in [-0.39, 0.29) is 12.2 Å². The van der Waals surface area contributed by atoms with Crippen molar-refractivity contribution in [3.8, 4) is 0 Å². The summed E-state index contributed by atoms with van der Waals surface area (Å²) in [6.45, 7) is 4.53. The fraction of sp³-hybridized carbons (Fsp3) is 0.462. The largest absolute Gasteiger partial charge is 0.480 e. The molecule has 0 radical (unpaired) electrons. The van der Waals surface area contributed by atoms with Gasteiger partial charge in [0, 0.05) is 0 Å². The van der Waals surface area contributed by atoms with Gasteiger partial charge < -0.3 is 20.2 Å². The van der Waals surface area contributed by atoms with E-state index in [1.807, 2.05) is 0 Å². The topological polar surface area (TPSA) is 109 Å². The lowest BCUT2D eigenvalue weighted by Crippen LogP contribution is -2.56. The molecule has 3 N–H and O–H groups in total. The molecule has 110 valence electrons. The van der Waals surface area contributed by atoms with E-state index in [4.69, 9.17) is 9.52 Å². The third kappa shape index (κ3) is 3.59. The Labute approximate surface area is 116 Å². The Hall–Kier alpha value is -2.31. The Bertz CT molecular complexity index is 497. The van der Waals surface area contributed by atoms with Gasteiger partial charge in [0.05, 0.1) is 6.26 Å². The Kier molecular flexibility index (Phi) is 4.90. The number of furan rings is 1. The highest BCUT2D eigenvalue weighted by Gasteiger charge is 2.34. The summed E-state index contributed by atoms with van der Waals surface area (Å²) < 4.78 is 4.90. The first-order chi connectivity index (χ1) is 9.30. The first-order valence-corrected chi connectivity index (χ1v) is 6.20. The van der Waals surface area contributed by atoms with Crippen LogP contribution in [-0.2, 0) is 9.59 Å². The first kappa shape index (κ1) is 15.7. The van der Waals surface area contributed by atoms with Crippen LogP contribution in [0.4, 0.5) is 0 Å². The van der Waals surface area contributed by atoms with E-state index in [0.29, 0.717) is 0 Å². The van der Waals surface area contributed by atoms with Crippen LogP contribution in [-0.4, -0.2) is 34.5 Å². The zero-order valence-corrected chi connectivity index (χ0v) is 11.6. The second kappa shape index (κ2) is 6.23. The second-order valence-corrected chi connectivity index (χ2v) is 4.65. The number of carbonyl (C=O) groups excluding carboxylic acids is 2. The SMILES string of the molecule is CCC(C)(NC(=O)C(C)NC(=O)c1ccco1)C(=O)O. The Morgan fingerprint density at radius 3 is 2.55 bits per heavy atom. The van der Waals surface area contributed by atoms with E-state index in [0.717, 1.165) is 0 Å². The maximum absolute atomic E-state index is 11.9. The average Bonchev–Trinajstić information content (AvgIpc) is 2.91. The fourth-order valence-corrected chi connectivity index (χ4v) is 1.41. The summed E-state index contributed by atoms with van der Waals surface area (Å²) in [6, 6.07) is 2.14. The number of hydrogen-bond acceptors (Lipinski definition) is 4. The van der Waals surface area contributed by atoms with Gasteiger partial charge in [-0.25, -0.2) is 4.79 Å². The first-order valence-electron chi connectivity index (χ1n) is 6.20. The maximum atomic E-state index is 11.9. The molecule has 0 aromatic carbocycles. The van der Waals surface area contributed by atoms with Gasteiger partial charge in [-0.15, -0.1) is 0 Å². The highest BCUT2D eigenvalue weighted by molar-refractivity contribution is 5.96. The summed E-state index contributed by atoms with van der Waals surface area (Å²) in [5.74, 6) is -2.15. The van der Waals surface area contributed by atoms with Crippen molar-refractivity contribution in [2.45, 2.75) is 38.8 Å². The van der Waals surface area contributed by atoms with Crippen LogP contribution in [0.5, 0.6) is 0 Å². The van der Waals surface area contributed by atoms with E-state index >= 15 is 0 Å². The van der Waals surface area contributed by atoms with Crippen molar-refractivity contribution in [2.75, 3.05) is 0 Å². The molecular weight excluding hydrogens is 264 g/mol. The van der Waals surface area contributed by atoms with E-state index in [9.17, 15) is 14.4 Å². The summed E-state index contributed by atoms with van der Waals surface area (Å²) in [7, 11) is 0. The minimum Gasteiger partial charge on any atom is -0.480 e. The summed E-state index contributed by atoms with van der Waals surface area (Å²) in [4.78, 5) is 34.7. The van der Waals surface area contributed by atoms with Crippen molar-refractivity contribution in [1.29, 1.82) is 0 Å². The van der Waals surface area contributed by atoms with Gasteiger partial charge in [0.25, 0.3) is 5.91 Å². The molecule has 0 spiro atoms. The van der Waals surface area contributed by atoms with Crippen LogP contribution in [0.2, 0.25) is 0 Å². The highest BCUT2D eigenvalue weighted by Crippen LogP contribution is 2.09. The molecule has 2 atom stereocenters. The van der Waals surface area contributed by atoms with E-state index in [2.05, 4.69) is 10.6 Å². The second-order valence-electron chi connectivity index (χ2n) is 4.65.